The molecule has 0 spiro atoms. The Labute approximate surface area is 109 Å². The smallest absolute Gasteiger partial charge is 0.309 e. The van der Waals surface area contributed by atoms with E-state index < -0.39 is 0 Å². The Morgan fingerprint density at radius 2 is 1.67 bits per heavy atom. The Morgan fingerprint density at radius 3 is 2.22 bits per heavy atom. The third-order valence-corrected chi connectivity index (χ3v) is 5.28. The molecule has 3 atom stereocenters. The number of methoxy groups -OCH3 is 1. The van der Waals surface area contributed by atoms with Crippen LogP contribution in [-0.4, -0.2) is 25.3 Å². The van der Waals surface area contributed by atoms with Gasteiger partial charge in [0.15, 0.2) is 0 Å². The topological polar surface area (TPSA) is 35.5 Å². The van der Waals surface area contributed by atoms with Gasteiger partial charge in [-0.15, -0.1) is 0 Å². The van der Waals surface area contributed by atoms with Gasteiger partial charge in [-0.1, -0.05) is 6.42 Å². The van der Waals surface area contributed by atoms with Crippen LogP contribution in [0.3, 0.4) is 0 Å². The van der Waals surface area contributed by atoms with Crippen LogP contribution in [0.5, 0.6) is 0 Å². The van der Waals surface area contributed by atoms with Crippen LogP contribution in [-0.2, 0) is 14.3 Å². The molecular formula is C15H24O3. The van der Waals surface area contributed by atoms with Crippen molar-refractivity contribution in [3.05, 3.63) is 0 Å². The second-order valence-electron chi connectivity index (χ2n) is 6.35. The van der Waals surface area contributed by atoms with Crippen LogP contribution in [0.1, 0.15) is 51.4 Å². The maximum atomic E-state index is 12.2. The predicted octanol–water partition coefficient (Wildman–Crippen LogP) is 2.92. The molecule has 3 rings (SSSR count). The molecule has 3 heteroatoms. The van der Waals surface area contributed by atoms with Gasteiger partial charge in [-0.25, -0.2) is 0 Å². The Morgan fingerprint density at radius 1 is 0.944 bits per heavy atom. The fraction of sp³-hybridized carbons (Fsp3) is 0.933. The van der Waals surface area contributed by atoms with Gasteiger partial charge in [-0.3, -0.25) is 4.79 Å². The number of carbonyl (C=O) groups excluding carboxylic acids is 1. The number of esters is 1. The van der Waals surface area contributed by atoms with Gasteiger partial charge in [0.05, 0.1) is 12.0 Å². The van der Waals surface area contributed by atoms with Gasteiger partial charge in [0.2, 0.25) is 0 Å². The predicted molar refractivity (Wildman–Crippen MR) is 68.1 cm³/mol. The van der Waals surface area contributed by atoms with Crippen LogP contribution in [0.25, 0.3) is 0 Å². The molecule has 0 aliphatic heterocycles. The fourth-order valence-electron chi connectivity index (χ4n) is 4.17. The SMILES string of the molecule is COC1CCC(OC(=O)C2CC3CCC2C3)CC1. The monoisotopic (exact) mass is 252 g/mol. The van der Waals surface area contributed by atoms with Crippen molar-refractivity contribution < 1.29 is 14.3 Å². The molecule has 0 N–H and O–H groups in total. The summed E-state index contributed by atoms with van der Waals surface area (Å²) in [5.41, 5.74) is 0. The molecule has 0 saturated heterocycles. The van der Waals surface area contributed by atoms with Gasteiger partial charge >= 0.3 is 5.97 Å². The van der Waals surface area contributed by atoms with E-state index in [1.54, 1.807) is 7.11 Å². The number of fused-ring (bicyclic) bond motifs is 2. The van der Waals surface area contributed by atoms with Crippen molar-refractivity contribution in [2.45, 2.75) is 63.6 Å². The summed E-state index contributed by atoms with van der Waals surface area (Å²) in [6.45, 7) is 0. The van der Waals surface area contributed by atoms with E-state index in [0.29, 0.717) is 12.0 Å². The summed E-state index contributed by atoms with van der Waals surface area (Å²) in [6.07, 6.45) is 9.51. The molecule has 3 fully saturated rings. The first-order valence-corrected chi connectivity index (χ1v) is 7.49. The van der Waals surface area contributed by atoms with E-state index in [2.05, 4.69) is 0 Å². The summed E-state index contributed by atoms with van der Waals surface area (Å²) in [5, 5.41) is 0. The highest BCUT2D eigenvalue weighted by atomic mass is 16.5. The molecule has 0 aromatic heterocycles. The highest BCUT2D eigenvalue weighted by Gasteiger charge is 2.44. The molecule has 3 saturated carbocycles. The zero-order valence-electron chi connectivity index (χ0n) is 11.3. The average Bonchev–Trinajstić information content (AvgIpc) is 3.02. The van der Waals surface area contributed by atoms with Crippen molar-refractivity contribution >= 4 is 5.97 Å². The Balaban J connectivity index is 1.47. The maximum absolute atomic E-state index is 12.2. The largest absolute Gasteiger partial charge is 0.462 e. The minimum absolute atomic E-state index is 0.100. The standard InChI is InChI=1S/C15H24O3/c1-17-12-4-6-13(7-5-12)18-15(16)14-9-10-2-3-11(14)8-10/h10-14H,2-9H2,1H3. The van der Waals surface area contributed by atoms with Crippen LogP contribution in [0, 0.1) is 17.8 Å². The van der Waals surface area contributed by atoms with E-state index in [1.165, 1.54) is 19.3 Å². The van der Waals surface area contributed by atoms with Gasteiger partial charge < -0.3 is 9.47 Å². The van der Waals surface area contributed by atoms with Crippen molar-refractivity contribution in [2.24, 2.45) is 17.8 Å². The first kappa shape index (κ1) is 12.5. The van der Waals surface area contributed by atoms with Gasteiger partial charge in [-0.05, 0) is 56.8 Å². The third kappa shape index (κ3) is 2.42. The van der Waals surface area contributed by atoms with Gasteiger partial charge in [-0.2, -0.15) is 0 Å². The van der Waals surface area contributed by atoms with E-state index in [-0.39, 0.29) is 18.0 Å². The molecule has 3 aliphatic rings. The molecule has 0 heterocycles. The molecule has 0 amide bonds. The summed E-state index contributed by atoms with van der Waals surface area (Å²) in [4.78, 5) is 12.2. The lowest BCUT2D eigenvalue weighted by atomic mass is 9.88. The maximum Gasteiger partial charge on any atom is 0.309 e. The van der Waals surface area contributed by atoms with Crippen LogP contribution in [0.15, 0.2) is 0 Å². The molecule has 2 bridgehead atoms. The number of carbonyl (C=O) groups is 1. The van der Waals surface area contributed by atoms with E-state index in [0.717, 1.165) is 38.0 Å². The van der Waals surface area contributed by atoms with E-state index in [9.17, 15) is 4.79 Å². The Kier molecular flexibility index (Phi) is 3.60. The first-order chi connectivity index (χ1) is 8.76. The van der Waals surface area contributed by atoms with Gasteiger partial charge in [0.1, 0.15) is 6.10 Å². The lowest BCUT2D eigenvalue weighted by molar-refractivity contribution is -0.158. The van der Waals surface area contributed by atoms with Gasteiger partial charge in [0.25, 0.3) is 0 Å². The van der Waals surface area contributed by atoms with Crippen molar-refractivity contribution in [2.75, 3.05) is 7.11 Å². The second kappa shape index (κ2) is 5.20. The lowest BCUT2D eigenvalue weighted by Gasteiger charge is -2.29. The first-order valence-electron chi connectivity index (χ1n) is 7.49. The number of ether oxygens (including phenoxy) is 2. The van der Waals surface area contributed by atoms with Crippen LogP contribution in [0.4, 0.5) is 0 Å². The molecule has 3 aliphatic carbocycles. The molecule has 18 heavy (non-hydrogen) atoms. The molecular weight excluding hydrogens is 228 g/mol. The van der Waals surface area contributed by atoms with Gasteiger partial charge in [0, 0.05) is 7.11 Å². The second-order valence-corrected chi connectivity index (χ2v) is 6.35. The number of hydrogen-bond acceptors (Lipinski definition) is 3. The minimum atomic E-state index is 0.100. The molecule has 0 aromatic carbocycles. The summed E-state index contributed by atoms with van der Waals surface area (Å²) < 4.78 is 11.1. The Bertz CT molecular complexity index is 307. The van der Waals surface area contributed by atoms with Crippen molar-refractivity contribution in [3.8, 4) is 0 Å². The van der Waals surface area contributed by atoms with E-state index in [4.69, 9.17) is 9.47 Å². The number of rotatable bonds is 3. The minimum Gasteiger partial charge on any atom is -0.462 e. The number of hydrogen-bond donors (Lipinski definition) is 0. The van der Waals surface area contributed by atoms with Crippen molar-refractivity contribution in [1.29, 1.82) is 0 Å². The molecule has 0 radical (unpaired) electrons. The molecule has 3 nitrogen and oxygen atoms in total. The summed E-state index contributed by atoms with van der Waals surface area (Å²) in [6, 6.07) is 0. The summed E-state index contributed by atoms with van der Waals surface area (Å²) in [5.74, 6) is 1.78. The quantitative estimate of drug-likeness (QED) is 0.724. The zero-order valence-corrected chi connectivity index (χ0v) is 11.3. The molecule has 102 valence electrons. The van der Waals surface area contributed by atoms with Crippen LogP contribution in [0.2, 0.25) is 0 Å². The fourth-order valence-corrected chi connectivity index (χ4v) is 4.17. The third-order valence-electron chi connectivity index (χ3n) is 5.28. The molecule has 3 unspecified atom stereocenters. The lowest BCUT2D eigenvalue weighted by Crippen LogP contribution is -2.31. The van der Waals surface area contributed by atoms with Crippen molar-refractivity contribution in [1.82, 2.24) is 0 Å². The Hall–Kier alpha value is -0.570. The van der Waals surface area contributed by atoms with Crippen molar-refractivity contribution in [3.63, 3.8) is 0 Å². The average molecular weight is 252 g/mol. The van der Waals surface area contributed by atoms with Crippen LogP contribution < -0.4 is 0 Å². The molecule has 0 aromatic rings. The van der Waals surface area contributed by atoms with E-state index in [1.807, 2.05) is 0 Å². The van der Waals surface area contributed by atoms with E-state index >= 15 is 0 Å². The van der Waals surface area contributed by atoms with Crippen LogP contribution >= 0.6 is 0 Å². The zero-order chi connectivity index (χ0) is 12.5. The summed E-state index contributed by atoms with van der Waals surface area (Å²) in [7, 11) is 1.77. The highest BCUT2D eigenvalue weighted by molar-refractivity contribution is 5.73. The highest BCUT2D eigenvalue weighted by Crippen LogP contribution is 2.48. The summed E-state index contributed by atoms with van der Waals surface area (Å²) >= 11 is 0. The normalized spacial score (nSPS) is 43.1.